The topological polar surface area (TPSA) is 6.48 Å². The molecule has 3 aliphatic heterocycles. The van der Waals surface area contributed by atoms with Crippen molar-refractivity contribution in [2.45, 2.75) is 41.5 Å². The van der Waals surface area contributed by atoms with Gasteiger partial charge in [-0.3, -0.25) is 0 Å². The van der Waals surface area contributed by atoms with Crippen LogP contribution in [-0.4, -0.2) is 13.4 Å². The Morgan fingerprint density at radius 2 is 0.768 bits per heavy atom. The molecule has 0 N–H and O–H groups in total. The smallest absolute Gasteiger partial charge is 0.248 e. The summed E-state index contributed by atoms with van der Waals surface area (Å²) in [6.45, 7) is 12.6. The van der Waals surface area contributed by atoms with Crippen LogP contribution < -0.4 is 42.6 Å². The van der Waals surface area contributed by atoms with Gasteiger partial charge in [0.2, 0.25) is 13.4 Å². The van der Waals surface area contributed by atoms with Gasteiger partial charge in [0.05, 0.1) is 22.7 Å². The van der Waals surface area contributed by atoms with Crippen molar-refractivity contribution in [3.63, 3.8) is 0 Å². The van der Waals surface area contributed by atoms with E-state index in [1.54, 1.807) is 24.3 Å². The average molecular weight is 726 g/mol. The van der Waals surface area contributed by atoms with E-state index in [0.29, 0.717) is 0 Å². The molecule has 0 saturated carbocycles. The lowest BCUT2D eigenvalue weighted by molar-refractivity contribution is 0.628. The van der Waals surface area contributed by atoms with E-state index in [0.717, 1.165) is 77.5 Å². The van der Waals surface area contributed by atoms with Gasteiger partial charge >= 0.3 is 0 Å². The molecule has 0 bridgehead atoms. The number of nitrogens with zero attached hydrogens (tertiary/aromatic N) is 2. The number of fused-ring (bicyclic) bond motifs is 10. The lowest BCUT2D eigenvalue weighted by atomic mass is 9.32. The van der Waals surface area contributed by atoms with E-state index >= 15 is 8.78 Å². The Kier molecular flexibility index (Phi) is 6.94. The highest BCUT2D eigenvalue weighted by Crippen LogP contribution is 2.56. The minimum Gasteiger partial charge on any atom is -0.307 e. The lowest BCUT2D eigenvalue weighted by Gasteiger charge is -2.49. The highest BCUT2D eigenvalue weighted by atomic mass is 19.1. The fourth-order valence-electron chi connectivity index (χ4n) is 11.0. The number of rotatable bonds is 2. The van der Waals surface area contributed by atoms with Crippen molar-refractivity contribution in [1.29, 1.82) is 0 Å². The molecule has 2 nitrogen and oxygen atoms in total. The highest BCUT2D eigenvalue weighted by Gasteiger charge is 2.48. The first kappa shape index (κ1) is 33.2. The molecule has 0 saturated heterocycles. The van der Waals surface area contributed by atoms with E-state index < -0.39 is 0 Å². The molecule has 8 aromatic rings. The molecular formula is C50H38B2F2N2. The summed E-state index contributed by atoms with van der Waals surface area (Å²) in [6.07, 6.45) is 0. The van der Waals surface area contributed by atoms with Gasteiger partial charge in [-0.1, -0.05) is 117 Å². The minimum absolute atomic E-state index is 0.234. The van der Waals surface area contributed by atoms with Gasteiger partial charge in [-0.2, -0.15) is 0 Å². The summed E-state index contributed by atoms with van der Waals surface area (Å²) >= 11 is 0. The number of anilines is 6. The van der Waals surface area contributed by atoms with Crippen LogP contribution in [0.15, 0.2) is 121 Å². The standard InChI is InChI=1S/C50H38B2F2N2/c1-27-19-29(3)45(30(4)20-27)51-39-25-35(53)15-17-41(39)55-44-24-34-12-8-10-14-38(34)48-50(44)56(43-23-33-11-7-9-13-37(33)47(51)49(43)55)42-18-16-36(54)26-40(42)52(48)46-31(5)21-28(2)22-32(46)6/h7-26H,1-6H3. The van der Waals surface area contributed by atoms with Crippen LogP contribution in [0.5, 0.6) is 0 Å². The molecule has 6 heteroatoms. The molecule has 3 aliphatic rings. The molecule has 11 rings (SSSR count). The third kappa shape index (κ3) is 4.44. The second kappa shape index (κ2) is 11.7. The molecule has 0 unspecified atom stereocenters. The van der Waals surface area contributed by atoms with Crippen LogP contribution in [0.2, 0.25) is 0 Å². The number of hydrogen-bond acceptors (Lipinski definition) is 2. The number of aryl methyl sites for hydroxylation is 6. The molecule has 0 fully saturated rings. The van der Waals surface area contributed by atoms with Crippen molar-refractivity contribution < 1.29 is 8.78 Å². The Morgan fingerprint density at radius 3 is 1.16 bits per heavy atom. The summed E-state index contributed by atoms with van der Waals surface area (Å²) in [5, 5.41) is 4.49. The minimum atomic E-state index is -0.249. The van der Waals surface area contributed by atoms with Gasteiger partial charge in [-0.15, -0.1) is 0 Å². The highest BCUT2D eigenvalue weighted by molar-refractivity contribution is 7.01. The second-order valence-electron chi connectivity index (χ2n) is 16.3. The zero-order valence-corrected chi connectivity index (χ0v) is 32.4. The van der Waals surface area contributed by atoms with Crippen LogP contribution in [-0.2, 0) is 0 Å². The molecule has 0 amide bonds. The number of halogens is 2. The summed E-state index contributed by atoms with van der Waals surface area (Å²) in [5.74, 6) is -0.499. The lowest BCUT2D eigenvalue weighted by Crippen LogP contribution is -2.62. The van der Waals surface area contributed by atoms with Gasteiger partial charge < -0.3 is 9.80 Å². The maximum atomic E-state index is 15.8. The zero-order chi connectivity index (χ0) is 38.3. The fraction of sp³-hybridized carbons (Fsp3) is 0.120. The predicted molar refractivity (Wildman–Crippen MR) is 235 cm³/mol. The summed E-state index contributed by atoms with van der Waals surface area (Å²) in [6, 6.07) is 41.6. The van der Waals surface area contributed by atoms with Crippen LogP contribution >= 0.6 is 0 Å². The van der Waals surface area contributed by atoms with Crippen LogP contribution in [0.25, 0.3) is 21.5 Å². The van der Waals surface area contributed by atoms with E-state index in [4.69, 9.17) is 0 Å². The van der Waals surface area contributed by atoms with Crippen LogP contribution in [0.4, 0.5) is 42.9 Å². The maximum Gasteiger partial charge on any atom is 0.248 e. The van der Waals surface area contributed by atoms with E-state index in [-0.39, 0.29) is 25.1 Å². The molecule has 0 aliphatic carbocycles. The molecule has 56 heavy (non-hydrogen) atoms. The quantitative estimate of drug-likeness (QED) is 0.164. The van der Waals surface area contributed by atoms with Gasteiger partial charge in [-0.25, -0.2) is 8.78 Å². The van der Waals surface area contributed by atoms with Crippen molar-refractivity contribution in [3.8, 4) is 0 Å². The monoisotopic (exact) mass is 726 g/mol. The summed E-state index contributed by atoms with van der Waals surface area (Å²) in [5.41, 5.74) is 20.0. The maximum absolute atomic E-state index is 15.8. The first-order chi connectivity index (χ1) is 27.1. The van der Waals surface area contributed by atoms with Crippen LogP contribution in [0, 0.1) is 53.2 Å². The Bertz CT molecular complexity index is 2810. The van der Waals surface area contributed by atoms with E-state index in [1.807, 2.05) is 12.1 Å². The van der Waals surface area contributed by atoms with Gasteiger partial charge in [0.15, 0.2) is 0 Å². The first-order valence-electron chi connectivity index (χ1n) is 19.5. The van der Waals surface area contributed by atoms with Crippen molar-refractivity contribution in [3.05, 3.63) is 166 Å². The molecule has 3 heterocycles. The number of hydrogen-bond donors (Lipinski definition) is 0. The second-order valence-corrected chi connectivity index (χ2v) is 16.3. The summed E-state index contributed by atoms with van der Waals surface area (Å²) in [4.78, 5) is 4.84. The van der Waals surface area contributed by atoms with E-state index in [1.165, 1.54) is 44.3 Å². The SMILES string of the molecule is Cc1cc(C)c(B2c3cc(F)ccc3N3c4cc5ccccc5c5c4N(c4ccc(F)cc4B5c4c(C)cc(C)cc4C)c4cc5ccccc5c2c43)c(C)c1. The Hall–Kier alpha value is -6.13. The number of benzene rings is 8. The van der Waals surface area contributed by atoms with Gasteiger partial charge in [0.1, 0.15) is 11.6 Å². The van der Waals surface area contributed by atoms with Gasteiger partial charge in [0.25, 0.3) is 0 Å². The molecule has 0 atom stereocenters. The van der Waals surface area contributed by atoms with Crippen LogP contribution in [0.3, 0.4) is 0 Å². The van der Waals surface area contributed by atoms with Crippen molar-refractivity contribution in [2.75, 3.05) is 9.80 Å². The van der Waals surface area contributed by atoms with Crippen molar-refractivity contribution >= 4 is 102 Å². The molecule has 0 radical (unpaired) electrons. The van der Waals surface area contributed by atoms with E-state index in [9.17, 15) is 0 Å². The third-order valence-electron chi connectivity index (χ3n) is 12.7. The van der Waals surface area contributed by atoms with E-state index in [2.05, 4.69) is 136 Å². The molecule has 0 spiro atoms. The Balaban J connectivity index is 1.35. The van der Waals surface area contributed by atoms with Crippen molar-refractivity contribution in [1.82, 2.24) is 0 Å². The van der Waals surface area contributed by atoms with Gasteiger partial charge in [-0.05, 0) is 133 Å². The van der Waals surface area contributed by atoms with Gasteiger partial charge in [0, 0.05) is 11.4 Å². The Labute approximate surface area is 327 Å². The molecule has 8 aromatic carbocycles. The molecular weight excluding hydrogens is 688 g/mol. The van der Waals surface area contributed by atoms with Crippen LogP contribution in [0.1, 0.15) is 33.4 Å². The van der Waals surface area contributed by atoms with Crippen molar-refractivity contribution in [2.24, 2.45) is 0 Å². The largest absolute Gasteiger partial charge is 0.307 e. The third-order valence-corrected chi connectivity index (χ3v) is 12.7. The first-order valence-corrected chi connectivity index (χ1v) is 19.5. The summed E-state index contributed by atoms with van der Waals surface area (Å²) in [7, 11) is 0. The predicted octanol–water partition coefficient (Wildman–Crippen LogP) is 9.03. The Morgan fingerprint density at radius 1 is 0.393 bits per heavy atom. The molecule has 268 valence electrons. The fourth-order valence-corrected chi connectivity index (χ4v) is 11.0. The zero-order valence-electron chi connectivity index (χ0n) is 32.4. The normalized spacial score (nSPS) is 13.6. The summed E-state index contributed by atoms with van der Waals surface area (Å²) < 4.78 is 31.7. The molecule has 0 aromatic heterocycles. The average Bonchev–Trinajstić information content (AvgIpc) is 3.16.